The van der Waals surface area contributed by atoms with Gasteiger partial charge in [-0.3, -0.25) is 9.59 Å². The summed E-state index contributed by atoms with van der Waals surface area (Å²) in [5, 5.41) is 8.88. The molecule has 0 spiro atoms. The molecule has 2 atom stereocenters. The van der Waals surface area contributed by atoms with Gasteiger partial charge in [0.2, 0.25) is 5.91 Å². The molecule has 5 nitrogen and oxygen atoms in total. The Labute approximate surface area is 117 Å². The lowest BCUT2D eigenvalue weighted by molar-refractivity contribution is -0.142. The van der Waals surface area contributed by atoms with Crippen LogP contribution < -0.4 is 4.90 Å². The average Bonchev–Trinajstić information content (AvgIpc) is 3.28. The van der Waals surface area contributed by atoms with E-state index in [9.17, 15) is 9.59 Å². The number of anilines is 1. The number of nitrogens with zero attached hydrogens (tertiary/aromatic N) is 2. The normalized spacial score (nSPS) is 25.4. The van der Waals surface area contributed by atoms with Gasteiger partial charge in [0.05, 0.1) is 11.8 Å². The fourth-order valence-corrected chi connectivity index (χ4v) is 2.80. The molecule has 1 heterocycles. The largest absolute Gasteiger partial charge is 0.481 e. The Kier molecular flexibility index (Phi) is 3.34. The van der Waals surface area contributed by atoms with Crippen LogP contribution in [0.1, 0.15) is 6.42 Å². The number of carboxylic acids is 1. The van der Waals surface area contributed by atoms with Crippen LogP contribution in [0.4, 0.5) is 5.69 Å². The van der Waals surface area contributed by atoms with Crippen molar-refractivity contribution in [3.63, 3.8) is 0 Å². The average molecular weight is 274 g/mol. The third-order valence-corrected chi connectivity index (χ3v) is 4.14. The van der Waals surface area contributed by atoms with Crippen molar-refractivity contribution in [1.82, 2.24) is 4.90 Å². The number of amides is 1. The highest BCUT2D eigenvalue weighted by Gasteiger charge is 2.49. The zero-order valence-corrected chi connectivity index (χ0v) is 11.2. The lowest BCUT2D eigenvalue weighted by atomic mass is 10.2. The number of hydrogen-bond donors (Lipinski definition) is 1. The van der Waals surface area contributed by atoms with Crippen LogP contribution in [0.25, 0.3) is 0 Å². The molecule has 1 N–H and O–H groups in total. The molecule has 3 rings (SSSR count). The van der Waals surface area contributed by atoms with Crippen molar-refractivity contribution in [2.24, 2.45) is 11.8 Å². The van der Waals surface area contributed by atoms with Crippen LogP contribution in [-0.2, 0) is 9.59 Å². The summed E-state index contributed by atoms with van der Waals surface area (Å²) in [4.78, 5) is 27.0. The van der Waals surface area contributed by atoms with E-state index < -0.39 is 11.9 Å². The van der Waals surface area contributed by atoms with Gasteiger partial charge in [-0.1, -0.05) is 18.2 Å². The van der Waals surface area contributed by atoms with E-state index in [0.29, 0.717) is 19.5 Å². The van der Waals surface area contributed by atoms with E-state index >= 15 is 0 Å². The molecule has 1 aliphatic carbocycles. The maximum Gasteiger partial charge on any atom is 0.307 e. The molecule has 0 unspecified atom stereocenters. The summed E-state index contributed by atoms with van der Waals surface area (Å²) in [7, 11) is 0. The van der Waals surface area contributed by atoms with Gasteiger partial charge in [0.15, 0.2) is 0 Å². The van der Waals surface area contributed by atoms with Crippen molar-refractivity contribution < 1.29 is 14.7 Å². The first-order valence-electron chi connectivity index (χ1n) is 6.98. The quantitative estimate of drug-likeness (QED) is 0.895. The molecule has 2 aliphatic rings. The fraction of sp³-hybridized carbons (Fsp3) is 0.467. The van der Waals surface area contributed by atoms with Crippen molar-refractivity contribution >= 4 is 17.6 Å². The molecule has 1 amide bonds. The van der Waals surface area contributed by atoms with Gasteiger partial charge in [-0.2, -0.15) is 0 Å². The summed E-state index contributed by atoms with van der Waals surface area (Å²) in [6, 6.07) is 10.1. The minimum atomic E-state index is -0.841. The van der Waals surface area contributed by atoms with Gasteiger partial charge < -0.3 is 14.9 Å². The molecule has 5 heteroatoms. The summed E-state index contributed by atoms with van der Waals surface area (Å²) >= 11 is 0. The van der Waals surface area contributed by atoms with Crippen LogP contribution >= 0.6 is 0 Å². The Balaban J connectivity index is 1.54. The van der Waals surface area contributed by atoms with Crippen LogP contribution in [0.2, 0.25) is 0 Å². The first-order valence-corrected chi connectivity index (χ1v) is 6.98. The van der Waals surface area contributed by atoms with E-state index in [0.717, 1.165) is 13.1 Å². The van der Waals surface area contributed by atoms with Crippen molar-refractivity contribution in [3.05, 3.63) is 30.3 Å². The zero-order chi connectivity index (χ0) is 14.1. The second kappa shape index (κ2) is 5.15. The Morgan fingerprint density at radius 2 is 1.65 bits per heavy atom. The highest BCUT2D eigenvalue weighted by Crippen LogP contribution is 2.40. The van der Waals surface area contributed by atoms with E-state index in [2.05, 4.69) is 17.0 Å². The summed E-state index contributed by atoms with van der Waals surface area (Å²) in [5.74, 6) is -1.55. The molecule has 106 valence electrons. The fourth-order valence-electron chi connectivity index (χ4n) is 2.80. The number of benzene rings is 1. The smallest absolute Gasteiger partial charge is 0.307 e. The van der Waals surface area contributed by atoms with Gasteiger partial charge in [-0.05, 0) is 18.6 Å². The van der Waals surface area contributed by atoms with E-state index in [-0.39, 0.29) is 11.8 Å². The maximum atomic E-state index is 12.2. The second-order valence-electron chi connectivity index (χ2n) is 5.43. The van der Waals surface area contributed by atoms with E-state index in [1.54, 1.807) is 0 Å². The van der Waals surface area contributed by atoms with Gasteiger partial charge in [0.25, 0.3) is 0 Å². The maximum absolute atomic E-state index is 12.2. The van der Waals surface area contributed by atoms with Gasteiger partial charge in [0.1, 0.15) is 0 Å². The highest BCUT2D eigenvalue weighted by molar-refractivity contribution is 5.89. The first kappa shape index (κ1) is 13.0. The molecule has 0 bridgehead atoms. The second-order valence-corrected chi connectivity index (χ2v) is 5.43. The Morgan fingerprint density at radius 1 is 1.00 bits per heavy atom. The molecule has 1 saturated heterocycles. The number of para-hydroxylation sites is 1. The van der Waals surface area contributed by atoms with Gasteiger partial charge in [-0.25, -0.2) is 0 Å². The summed E-state index contributed by atoms with van der Waals surface area (Å²) < 4.78 is 0. The summed E-state index contributed by atoms with van der Waals surface area (Å²) in [5.41, 5.74) is 1.18. The van der Waals surface area contributed by atoms with Crippen molar-refractivity contribution in [2.75, 3.05) is 31.1 Å². The highest BCUT2D eigenvalue weighted by atomic mass is 16.4. The number of rotatable bonds is 3. The lowest BCUT2D eigenvalue weighted by Gasteiger charge is -2.36. The summed E-state index contributed by atoms with van der Waals surface area (Å²) in [6.07, 6.45) is 0.507. The third kappa shape index (κ3) is 2.48. The van der Waals surface area contributed by atoms with Crippen LogP contribution in [0.3, 0.4) is 0 Å². The summed E-state index contributed by atoms with van der Waals surface area (Å²) in [6.45, 7) is 2.97. The number of carbonyl (C=O) groups excluding carboxylic acids is 1. The van der Waals surface area contributed by atoms with Crippen molar-refractivity contribution in [3.8, 4) is 0 Å². The first-order chi connectivity index (χ1) is 9.66. The molecular formula is C15H18N2O3. The molecule has 1 saturated carbocycles. The van der Waals surface area contributed by atoms with E-state index in [1.165, 1.54) is 5.69 Å². The van der Waals surface area contributed by atoms with Gasteiger partial charge >= 0.3 is 5.97 Å². The number of hydrogen-bond acceptors (Lipinski definition) is 3. The van der Waals surface area contributed by atoms with E-state index in [4.69, 9.17) is 5.11 Å². The molecular weight excluding hydrogens is 256 g/mol. The molecule has 0 radical (unpaired) electrons. The Hall–Kier alpha value is -2.04. The predicted molar refractivity (Wildman–Crippen MR) is 74.5 cm³/mol. The van der Waals surface area contributed by atoms with Crippen LogP contribution in [0, 0.1) is 11.8 Å². The topological polar surface area (TPSA) is 60.9 Å². The third-order valence-electron chi connectivity index (χ3n) is 4.14. The van der Waals surface area contributed by atoms with Crippen molar-refractivity contribution in [1.29, 1.82) is 0 Å². The van der Waals surface area contributed by atoms with Crippen LogP contribution in [0.15, 0.2) is 30.3 Å². The molecule has 2 fully saturated rings. The number of piperazine rings is 1. The number of aliphatic carboxylic acids is 1. The van der Waals surface area contributed by atoms with Crippen LogP contribution in [0.5, 0.6) is 0 Å². The molecule has 1 aromatic rings. The monoisotopic (exact) mass is 274 g/mol. The minimum Gasteiger partial charge on any atom is -0.481 e. The number of carboxylic acid groups (broad SMARTS) is 1. The number of carbonyl (C=O) groups is 2. The van der Waals surface area contributed by atoms with Gasteiger partial charge in [0, 0.05) is 31.9 Å². The molecule has 20 heavy (non-hydrogen) atoms. The predicted octanol–water partition coefficient (Wildman–Crippen LogP) is 1.06. The SMILES string of the molecule is O=C(O)[C@@H]1C[C@@H]1C(=O)N1CCN(c2ccccc2)CC1. The van der Waals surface area contributed by atoms with Crippen LogP contribution in [-0.4, -0.2) is 48.1 Å². The minimum absolute atomic E-state index is 0.0186. The standard InChI is InChI=1S/C15H18N2O3/c18-14(12-10-13(12)15(19)20)17-8-6-16(7-9-17)11-4-2-1-3-5-11/h1-5,12-13H,6-10H2,(H,19,20)/t12-,13+/m0/s1. The lowest BCUT2D eigenvalue weighted by Crippen LogP contribution is -2.49. The Bertz CT molecular complexity index is 509. The van der Waals surface area contributed by atoms with Crippen molar-refractivity contribution in [2.45, 2.75) is 6.42 Å². The molecule has 1 aromatic carbocycles. The van der Waals surface area contributed by atoms with E-state index in [1.807, 2.05) is 23.1 Å². The zero-order valence-electron chi connectivity index (χ0n) is 11.2. The molecule has 0 aromatic heterocycles. The Morgan fingerprint density at radius 3 is 2.20 bits per heavy atom. The van der Waals surface area contributed by atoms with Gasteiger partial charge in [-0.15, -0.1) is 0 Å². The molecule has 1 aliphatic heterocycles.